The molecule has 15 heavy (non-hydrogen) atoms. The zero-order chi connectivity index (χ0) is 10.5. The maximum atomic E-state index is 9.39. The highest BCUT2D eigenvalue weighted by molar-refractivity contribution is 5.42. The lowest BCUT2D eigenvalue weighted by Crippen LogP contribution is -2.23. The van der Waals surface area contributed by atoms with E-state index in [0.29, 0.717) is 0 Å². The minimum Gasteiger partial charge on any atom is -0.393 e. The van der Waals surface area contributed by atoms with Crippen LogP contribution in [0.5, 0.6) is 0 Å². The molecule has 0 saturated heterocycles. The van der Waals surface area contributed by atoms with Crippen LogP contribution in [0, 0.1) is 5.92 Å². The van der Waals surface area contributed by atoms with Gasteiger partial charge >= 0.3 is 0 Å². The number of para-hydroxylation sites is 1. The van der Waals surface area contributed by atoms with Crippen LogP contribution >= 0.6 is 0 Å². The molecule has 0 radical (unpaired) electrons. The molecule has 1 aromatic rings. The molecule has 1 saturated carbocycles. The molecular formula is C13H19NO. The van der Waals surface area contributed by atoms with Gasteiger partial charge in [0.2, 0.25) is 0 Å². The van der Waals surface area contributed by atoms with E-state index < -0.39 is 0 Å². The minimum absolute atomic E-state index is 0.0435. The molecule has 2 nitrogen and oxygen atoms in total. The van der Waals surface area contributed by atoms with Crippen LogP contribution in [-0.2, 0) is 0 Å². The Kier molecular flexibility index (Phi) is 3.62. The molecule has 0 aliphatic heterocycles. The summed E-state index contributed by atoms with van der Waals surface area (Å²) in [4.78, 5) is 0. The van der Waals surface area contributed by atoms with Crippen molar-refractivity contribution in [2.75, 3.05) is 11.9 Å². The molecule has 0 amide bonds. The summed E-state index contributed by atoms with van der Waals surface area (Å²) in [5.41, 5.74) is 1.20. The van der Waals surface area contributed by atoms with Crippen LogP contribution in [-0.4, -0.2) is 17.8 Å². The van der Waals surface area contributed by atoms with E-state index in [1.54, 1.807) is 0 Å². The number of benzene rings is 1. The van der Waals surface area contributed by atoms with Gasteiger partial charge in [-0.1, -0.05) is 18.2 Å². The topological polar surface area (TPSA) is 32.3 Å². The predicted octanol–water partition coefficient (Wildman–Crippen LogP) is 2.65. The number of nitrogens with one attached hydrogen (secondary N) is 1. The number of rotatable bonds is 3. The van der Waals surface area contributed by atoms with E-state index >= 15 is 0 Å². The van der Waals surface area contributed by atoms with Gasteiger partial charge in [0, 0.05) is 12.2 Å². The van der Waals surface area contributed by atoms with Gasteiger partial charge in [0.25, 0.3) is 0 Å². The van der Waals surface area contributed by atoms with Crippen LogP contribution in [0.1, 0.15) is 25.7 Å². The minimum atomic E-state index is -0.0435. The molecule has 1 aromatic carbocycles. The molecule has 2 rings (SSSR count). The molecule has 0 bridgehead atoms. The molecule has 1 fully saturated rings. The molecular weight excluding hydrogens is 186 g/mol. The van der Waals surface area contributed by atoms with Crippen molar-refractivity contribution in [3.05, 3.63) is 30.3 Å². The maximum absolute atomic E-state index is 9.39. The highest BCUT2D eigenvalue weighted by Gasteiger charge is 2.18. The fourth-order valence-electron chi connectivity index (χ4n) is 2.17. The fourth-order valence-corrected chi connectivity index (χ4v) is 2.17. The first-order valence-electron chi connectivity index (χ1n) is 5.81. The van der Waals surface area contributed by atoms with Crippen LogP contribution in [0.3, 0.4) is 0 Å². The van der Waals surface area contributed by atoms with Crippen molar-refractivity contribution in [3.8, 4) is 0 Å². The van der Waals surface area contributed by atoms with Crippen molar-refractivity contribution < 1.29 is 5.11 Å². The smallest absolute Gasteiger partial charge is 0.0540 e. The van der Waals surface area contributed by atoms with Gasteiger partial charge in [-0.15, -0.1) is 0 Å². The van der Waals surface area contributed by atoms with Crippen molar-refractivity contribution in [2.45, 2.75) is 31.8 Å². The third kappa shape index (κ3) is 3.24. The van der Waals surface area contributed by atoms with Crippen LogP contribution in [0.4, 0.5) is 5.69 Å². The average molecular weight is 205 g/mol. The molecule has 2 heteroatoms. The lowest BCUT2D eigenvalue weighted by atomic mass is 9.87. The van der Waals surface area contributed by atoms with Gasteiger partial charge in [-0.2, -0.15) is 0 Å². The predicted molar refractivity (Wildman–Crippen MR) is 62.9 cm³/mol. The van der Waals surface area contributed by atoms with E-state index in [9.17, 15) is 5.11 Å². The average Bonchev–Trinajstić information content (AvgIpc) is 2.30. The van der Waals surface area contributed by atoms with Crippen molar-refractivity contribution in [2.24, 2.45) is 5.92 Å². The summed E-state index contributed by atoms with van der Waals surface area (Å²) in [6.45, 7) is 1.04. The lowest BCUT2D eigenvalue weighted by molar-refractivity contribution is 0.111. The van der Waals surface area contributed by atoms with E-state index in [1.165, 1.54) is 5.69 Å². The Morgan fingerprint density at radius 1 is 1.07 bits per heavy atom. The van der Waals surface area contributed by atoms with Gasteiger partial charge < -0.3 is 10.4 Å². The first-order chi connectivity index (χ1) is 7.34. The number of aliphatic hydroxyl groups is 1. The molecule has 0 heterocycles. The molecule has 2 N–H and O–H groups in total. The normalized spacial score (nSPS) is 26.2. The molecule has 1 aliphatic carbocycles. The Morgan fingerprint density at radius 3 is 2.40 bits per heavy atom. The second-order valence-corrected chi connectivity index (χ2v) is 4.42. The number of anilines is 1. The van der Waals surface area contributed by atoms with Gasteiger partial charge in [0.15, 0.2) is 0 Å². The summed E-state index contributed by atoms with van der Waals surface area (Å²) >= 11 is 0. The van der Waals surface area contributed by atoms with Gasteiger partial charge in [-0.05, 0) is 43.7 Å². The summed E-state index contributed by atoms with van der Waals surface area (Å²) in [5, 5.41) is 12.8. The van der Waals surface area contributed by atoms with Crippen molar-refractivity contribution in [3.63, 3.8) is 0 Å². The van der Waals surface area contributed by atoms with Gasteiger partial charge in [0.05, 0.1) is 6.10 Å². The number of aliphatic hydroxyl groups excluding tert-OH is 1. The largest absolute Gasteiger partial charge is 0.393 e. The standard InChI is InChI=1S/C13H19NO/c15-13-8-6-11(7-9-13)10-14-12-4-2-1-3-5-12/h1-5,11,13-15H,6-10H2. The van der Waals surface area contributed by atoms with Crippen molar-refractivity contribution >= 4 is 5.69 Å². The Bertz CT molecular complexity index is 278. The van der Waals surface area contributed by atoms with Gasteiger partial charge in [-0.3, -0.25) is 0 Å². The van der Waals surface area contributed by atoms with Crippen LogP contribution in [0.15, 0.2) is 30.3 Å². The van der Waals surface area contributed by atoms with Crippen molar-refractivity contribution in [1.29, 1.82) is 0 Å². The van der Waals surface area contributed by atoms with Crippen molar-refractivity contribution in [1.82, 2.24) is 0 Å². The second kappa shape index (κ2) is 5.17. The van der Waals surface area contributed by atoms with Crippen LogP contribution < -0.4 is 5.32 Å². The highest BCUT2D eigenvalue weighted by atomic mass is 16.3. The van der Waals surface area contributed by atoms with E-state index in [-0.39, 0.29) is 6.10 Å². The maximum Gasteiger partial charge on any atom is 0.0540 e. The fraction of sp³-hybridized carbons (Fsp3) is 0.538. The third-order valence-electron chi connectivity index (χ3n) is 3.18. The van der Waals surface area contributed by atoms with E-state index in [1.807, 2.05) is 18.2 Å². The Labute approximate surface area is 91.3 Å². The lowest BCUT2D eigenvalue weighted by Gasteiger charge is -2.25. The molecule has 0 spiro atoms. The molecule has 0 aromatic heterocycles. The number of hydrogen-bond acceptors (Lipinski definition) is 2. The number of hydrogen-bond donors (Lipinski definition) is 2. The van der Waals surface area contributed by atoms with E-state index in [2.05, 4.69) is 17.4 Å². The summed E-state index contributed by atoms with van der Waals surface area (Å²) in [5.74, 6) is 0.730. The zero-order valence-corrected chi connectivity index (χ0v) is 9.02. The molecule has 0 atom stereocenters. The summed E-state index contributed by atoms with van der Waals surface area (Å²) in [6, 6.07) is 10.3. The Balaban J connectivity index is 1.74. The molecule has 82 valence electrons. The summed E-state index contributed by atoms with van der Waals surface area (Å²) in [6.07, 6.45) is 4.21. The summed E-state index contributed by atoms with van der Waals surface area (Å²) in [7, 11) is 0. The molecule has 1 aliphatic rings. The Morgan fingerprint density at radius 2 is 1.73 bits per heavy atom. The second-order valence-electron chi connectivity index (χ2n) is 4.42. The first-order valence-corrected chi connectivity index (χ1v) is 5.81. The van der Waals surface area contributed by atoms with E-state index in [0.717, 1.165) is 38.1 Å². The highest BCUT2D eigenvalue weighted by Crippen LogP contribution is 2.24. The van der Waals surface area contributed by atoms with Gasteiger partial charge in [-0.25, -0.2) is 0 Å². The van der Waals surface area contributed by atoms with E-state index in [4.69, 9.17) is 0 Å². The monoisotopic (exact) mass is 205 g/mol. The van der Waals surface area contributed by atoms with Crippen LogP contribution in [0.2, 0.25) is 0 Å². The van der Waals surface area contributed by atoms with Crippen LogP contribution in [0.25, 0.3) is 0 Å². The van der Waals surface area contributed by atoms with Gasteiger partial charge in [0.1, 0.15) is 0 Å². The Hall–Kier alpha value is -1.02. The zero-order valence-electron chi connectivity index (χ0n) is 9.02. The SMILES string of the molecule is OC1CCC(CNc2ccccc2)CC1. The third-order valence-corrected chi connectivity index (χ3v) is 3.18. The molecule has 0 unspecified atom stereocenters. The first kappa shape index (κ1) is 10.5. The summed E-state index contributed by atoms with van der Waals surface area (Å²) < 4.78 is 0. The quantitative estimate of drug-likeness (QED) is 0.795.